The van der Waals surface area contributed by atoms with Crippen molar-refractivity contribution in [3.05, 3.63) is 0 Å². The van der Waals surface area contributed by atoms with E-state index in [1.807, 2.05) is 0 Å². The Hall–Kier alpha value is -0.170. The van der Waals surface area contributed by atoms with E-state index in [9.17, 15) is 8.42 Å². The molecule has 0 unspecified atom stereocenters. The van der Waals surface area contributed by atoms with Crippen LogP contribution < -0.4 is 5.73 Å². The van der Waals surface area contributed by atoms with Gasteiger partial charge in [-0.1, -0.05) is 64.7 Å². The molecule has 4 N–H and O–H groups in total. The fraction of sp³-hybridized carbons (Fsp3) is 1.00. The highest BCUT2D eigenvalue weighted by Crippen LogP contribution is 2.10. The van der Waals surface area contributed by atoms with Crippen LogP contribution in [0.2, 0.25) is 0 Å². The zero-order valence-electron chi connectivity index (χ0n) is 12.9. The van der Waals surface area contributed by atoms with E-state index < -0.39 is 10.1 Å². The van der Waals surface area contributed by atoms with Crippen molar-refractivity contribution in [3.8, 4) is 0 Å². The minimum Gasteiger partial charge on any atom is -0.395 e. The van der Waals surface area contributed by atoms with E-state index in [-0.39, 0.29) is 12.4 Å². The highest BCUT2D eigenvalue weighted by atomic mass is 32.2. The lowest BCUT2D eigenvalue weighted by atomic mass is 10.1. The predicted octanol–water partition coefficient (Wildman–Crippen LogP) is 2.73. The number of aliphatic hydroxyl groups is 1. The zero-order valence-corrected chi connectivity index (χ0v) is 13.7. The van der Waals surface area contributed by atoms with E-state index in [1.54, 1.807) is 0 Å². The normalized spacial score (nSPS) is 11.0. The molecule has 0 aromatic rings. The van der Waals surface area contributed by atoms with Gasteiger partial charge in [-0.05, 0) is 6.42 Å². The van der Waals surface area contributed by atoms with Gasteiger partial charge in [-0.3, -0.25) is 4.55 Å². The van der Waals surface area contributed by atoms with Crippen molar-refractivity contribution in [1.29, 1.82) is 0 Å². The molecule has 0 fully saturated rings. The summed E-state index contributed by atoms with van der Waals surface area (Å²) >= 11 is 0. The van der Waals surface area contributed by atoms with E-state index in [1.165, 1.54) is 44.9 Å². The summed E-state index contributed by atoms with van der Waals surface area (Å²) in [5, 5.41) is 7.75. The van der Waals surface area contributed by atoms with Crippen LogP contribution >= 0.6 is 0 Å². The molecule has 0 aromatic heterocycles. The Morgan fingerprint density at radius 2 is 1.20 bits per heavy atom. The standard InChI is InChI=1S/C12H26O3S.C2H7NO/c1-2-3-4-5-6-7-8-9-10-11-12-16(13,14)15;3-1-2-4/h2-12H2,1H3,(H,13,14,15);4H,1-3H2. The summed E-state index contributed by atoms with van der Waals surface area (Å²) in [4.78, 5) is 0. The van der Waals surface area contributed by atoms with E-state index in [0.717, 1.165) is 12.8 Å². The van der Waals surface area contributed by atoms with Crippen LogP contribution in [0, 0.1) is 0 Å². The second-order valence-corrected chi connectivity index (χ2v) is 6.55. The van der Waals surface area contributed by atoms with E-state index in [4.69, 9.17) is 15.4 Å². The SMILES string of the molecule is CCCCCCCCCCCCS(=O)(=O)O.NCCO. The minimum atomic E-state index is -3.73. The van der Waals surface area contributed by atoms with Gasteiger partial charge in [0.05, 0.1) is 12.4 Å². The van der Waals surface area contributed by atoms with Crippen LogP contribution in [0.4, 0.5) is 0 Å². The lowest BCUT2D eigenvalue weighted by Crippen LogP contribution is -2.03. The van der Waals surface area contributed by atoms with Crippen molar-refractivity contribution >= 4 is 10.1 Å². The van der Waals surface area contributed by atoms with Crippen molar-refractivity contribution in [2.24, 2.45) is 5.73 Å². The third-order valence-electron chi connectivity index (χ3n) is 2.88. The molecule has 0 rings (SSSR count). The number of unbranched alkanes of at least 4 members (excludes halogenated alkanes) is 9. The molecule has 0 atom stereocenters. The maximum absolute atomic E-state index is 10.4. The summed E-state index contributed by atoms with van der Waals surface area (Å²) in [6.07, 6.45) is 11.7. The summed E-state index contributed by atoms with van der Waals surface area (Å²) in [5.41, 5.74) is 4.78. The molecule has 0 aliphatic carbocycles. The smallest absolute Gasteiger partial charge is 0.264 e. The molecule has 20 heavy (non-hydrogen) atoms. The van der Waals surface area contributed by atoms with Gasteiger partial charge < -0.3 is 10.8 Å². The Morgan fingerprint density at radius 1 is 0.850 bits per heavy atom. The Bertz CT molecular complexity index is 266. The Labute approximate surface area is 124 Å². The molecule has 5 nitrogen and oxygen atoms in total. The van der Waals surface area contributed by atoms with Gasteiger partial charge >= 0.3 is 0 Å². The molecule has 0 amide bonds. The first-order valence-electron chi connectivity index (χ1n) is 7.74. The Balaban J connectivity index is 0. The quantitative estimate of drug-likeness (QED) is 0.380. The third-order valence-corrected chi connectivity index (χ3v) is 3.69. The number of hydrogen-bond acceptors (Lipinski definition) is 4. The first-order chi connectivity index (χ1) is 9.47. The van der Waals surface area contributed by atoms with Crippen LogP contribution in [0.15, 0.2) is 0 Å². The number of nitrogens with two attached hydrogens (primary N) is 1. The minimum absolute atomic E-state index is 0.0799. The Kier molecular flexibility index (Phi) is 18.7. The number of rotatable bonds is 12. The molecular formula is C14H33NO4S. The van der Waals surface area contributed by atoms with Crippen molar-refractivity contribution in [1.82, 2.24) is 0 Å². The summed E-state index contributed by atoms with van der Waals surface area (Å²) < 4.78 is 29.4. The lowest BCUT2D eigenvalue weighted by Gasteiger charge is -2.01. The van der Waals surface area contributed by atoms with Crippen molar-refractivity contribution < 1.29 is 18.1 Å². The Morgan fingerprint density at radius 3 is 1.50 bits per heavy atom. The molecule has 0 aliphatic heterocycles. The third kappa shape index (κ3) is 26.4. The largest absolute Gasteiger partial charge is 0.395 e. The number of aliphatic hydroxyl groups excluding tert-OH is 1. The van der Waals surface area contributed by atoms with Gasteiger partial charge in [0.1, 0.15) is 0 Å². The van der Waals surface area contributed by atoms with Crippen molar-refractivity contribution in [2.45, 2.75) is 71.1 Å². The first-order valence-corrected chi connectivity index (χ1v) is 9.35. The van der Waals surface area contributed by atoms with Crippen LogP contribution in [0.5, 0.6) is 0 Å². The van der Waals surface area contributed by atoms with Gasteiger partial charge in [-0.15, -0.1) is 0 Å². The summed E-state index contributed by atoms with van der Waals surface area (Å²) in [5.74, 6) is -0.0799. The van der Waals surface area contributed by atoms with Crippen LogP contribution in [-0.4, -0.2) is 37.0 Å². The zero-order chi connectivity index (χ0) is 15.7. The van der Waals surface area contributed by atoms with Crippen molar-refractivity contribution in [3.63, 3.8) is 0 Å². The second-order valence-electron chi connectivity index (χ2n) is 4.98. The van der Waals surface area contributed by atoms with Gasteiger partial charge in [0.15, 0.2) is 0 Å². The highest BCUT2D eigenvalue weighted by molar-refractivity contribution is 7.85. The molecule has 0 aromatic carbocycles. The molecule has 0 saturated carbocycles. The maximum atomic E-state index is 10.4. The molecule has 0 aliphatic rings. The van der Waals surface area contributed by atoms with Gasteiger partial charge in [-0.25, -0.2) is 0 Å². The van der Waals surface area contributed by atoms with E-state index in [2.05, 4.69) is 6.92 Å². The van der Waals surface area contributed by atoms with Crippen LogP contribution in [0.3, 0.4) is 0 Å². The first kappa shape index (κ1) is 22.1. The van der Waals surface area contributed by atoms with Crippen molar-refractivity contribution in [2.75, 3.05) is 18.9 Å². The average molecular weight is 311 g/mol. The molecule has 0 heterocycles. The molecular weight excluding hydrogens is 278 g/mol. The van der Waals surface area contributed by atoms with Crippen LogP contribution in [0.1, 0.15) is 71.1 Å². The molecule has 124 valence electrons. The molecule has 0 saturated heterocycles. The molecule has 6 heteroatoms. The predicted molar refractivity (Wildman–Crippen MR) is 84.4 cm³/mol. The van der Waals surface area contributed by atoms with Gasteiger partial charge in [0, 0.05) is 6.54 Å². The molecule has 0 bridgehead atoms. The van der Waals surface area contributed by atoms with Gasteiger partial charge in [0.25, 0.3) is 10.1 Å². The highest BCUT2D eigenvalue weighted by Gasteiger charge is 2.02. The topological polar surface area (TPSA) is 101 Å². The van der Waals surface area contributed by atoms with E-state index >= 15 is 0 Å². The van der Waals surface area contributed by atoms with E-state index in [0.29, 0.717) is 13.0 Å². The van der Waals surface area contributed by atoms with Crippen LogP contribution in [0.25, 0.3) is 0 Å². The monoisotopic (exact) mass is 311 g/mol. The number of hydrogen-bond donors (Lipinski definition) is 3. The maximum Gasteiger partial charge on any atom is 0.264 e. The lowest BCUT2D eigenvalue weighted by molar-refractivity contribution is 0.306. The van der Waals surface area contributed by atoms with Gasteiger partial charge in [-0.2, -0.15) is 8.42 Å². The summed E-state index contributed by atoms with van der Waals surface area (Å²) in [7, 11) is -3.73. The molecule has 0 radical (unpaired) electrons. The fourth-order valence-corrected chi connectivity index (χ4v) is 2.34. The van der Waals surface area contributed by atoms with Crippen LogP contribution in [-0.2, 0) is 10.1 Å². The average Bonchev–Trinajstić information content (AvgIpc) is 2.40. The summed E-state index contributed by atoms with van der Waals surface area (Å²) in [6.45, 7) is 2.69. The fourth-order valence-electron chi connectivity index (χ4n) is 1.77. The summed E-state index contributed by atoms with van der Waals surface area (Å²) in [6, 6.07) is 0. The molecule has 0 spiro atoms. The second kappa shape index (κ2) is 16.9. The van der Waals surface area contributed by atoms with Gasteiger partial charge in [0.2, 0.25) is 0 Å².